The number of methoxy groups -OCH3 is 1. The molecule has 0 radical (unpaired) electrons. The van der Waals surface area contributed by atoms with Gasteiger partial charge in [0.1, 0.15) is 5.75 Å². The second-order valence-electron chi connectivity index (χ2n) is 6.41. The fraction of sp³-hybridized carbons (Fsp3) is 0.364. The number of nitrogens with one attached hydrogen (secondary N) is 1. The van der Waals surface area contributed by atoms with E-state index in [2.05, 4.69) is 5.32 Å². The summed E-state index contributed by atoms with van der Waals surface area (Å²) < 4.78 is 10.5. The fourth-order valence-electron chi connectivity index (χ4n) is 2.88. The average molecular weight is 404 g/mol. The number of hydrogen-bond acceptors (Lipinski definition) is 4. The summed E-state index contributed by atoms with van der Waals surface area (Å²) in [6.07, 6.45) is 1.18. The normalized spacial score (nSPS) is 11.6. The Bertz CT molecular complexity index is 805. The molecular weight excluding hydrogens is 378 g/mol. The predicted octanol–water partition coefficient (Wildman–Crippen LogP) is 4.41. The number of rotatable bonds is 9. The molecule has 0 aliphatic carbocycles. The van der Waals surface area contributed by atoms with Crippen LogP contribution in [-0.2, 0) is 22.5 Å². The SMILES string of the molecule is CCOC(=O)C(CC)Cc1ccc(OC)c(C(=O)NCc2ccc(Cl)cc2)c1. The van der Waals surface area contributed by atoms with Gasteiger partial charge in [0, 0.05) is 11.6 Å². The van der Waals surface area contributed by atoms with E-state index in [1.54, 1.807) is 31.2 Å². The van der Waals surface area contributed by atoms with Crippen molar-refractivity contribution in [2.24, 2.45) is 5.92 Å². The molecule has 2 aromatic carbocycles. The quantitative estimate of drug-likeness (QED) is 0.630. The number of carbonyl (C=O) groups is 2. The monoisotopic (exact) mass is 403 g/mol. The van der Waals surface area contributed by atoms with E-state index in [1.807, 2.05) is 25.1 Å². The first-order chi connectivity index (χ1) is 13.5. The van der Waals surface area contributed by atoms with Gasteiger partial charge in [0.25, 0.3) is 5.91 Å². The molecule has 1 atom stereocenters. The van der Waals surface area contributed by atoms with Crippen molar-refractivity contribution in [2.75, 3.05) is 13.7 Å². The summed E-state index contributed by atoms with van der Waals surface area (Å²) in [6.45, 7) is 4.48. The van der Waals surface area contributed by atoms with Gasteiger partial charge < -0.3 is 14.8 Å². The molecule has 28 heavy (non-hydrogen) atoms. The molecule has 0 saturated carbocycles. The molecule has 0 bridgehead atoms. The fourth-order valence-corrected chi connectivity index (χ4v) is 3.00. The molecule has 2 aromatic rings. The molecule has 2 rings (SSSR count). The maximum Gasteiger partial charge on any atom is 0.309 e. The van der Waals surface area contributed by atoms with Gasteiger partial charge in [-0.2, -0.15) is 0 Å². The van der Waals surface area contributed by atoms with E-state index in [4.69, 9.17) is 21.1 Å². The Hall–Kier alpha value is -2.53. The van der Waals surface area contributed by atoms with Gasteiger partial charge in [0.2, 0.25) is 0 Å². The number of amides is 1. The van der Waals surface area contributed by atoms with E-state index in [0.717, 1.165) is 11.1 Å². The Morgan fingerprint density at radius 2 is 1.75 bits per heavy atom. The highest BCUT2D eigenvalue weighted by molar-refractivity contribution is 6.30. The summed E-state index contributed by atoms with van der Waals surface area (Å²) in [4.78, 5) is 24.8. The third-order valence-electron chi connectivity index (χ3n) is 4.47. The lowest BCUT2D eigenvalue weighted by molar-refractivity contribution is -0.148. The van der Waals surface area contributed by atoms with Gasteiger partial charge in [-0.3, -0.25) is 9.59 Å². The molecule has 0 aromatic heterocycles. The lowest BCUT2D eigenvalue weighted by atomic mass is 9.95. The van der Waals surface area contributed by atoms with Crippen LogP contribution in [0.4, 0.5) is 0 Å². The van der Waals surface area contributed by atoms with Crippen LogP contribution < -0.4 is 10.1 Å². The molecule has 0 aliphatic rings. The minimum Gasteiger partial charge on any atom is -0.496 e. The average Bonchev–Trinajstić information content (AvgIpc) is 2.71. The molecule has 0 heterocycles. The molecule has 6 heteroatoms. The molecular formula is C22H26ClNO4. The van der Waals surface area contributed by atoms with Crippen LogP contribution in [0.5, 0.6) is 5.75 Å². The topological polar surface area (TPSA) is 64.6 Å². The summed E-state index contributed by atoms with van der Waals surface area (Å²) >= 11 is 5.89. The number of esters is 1. The molecule has 1 N–H and O–H groups in total. The number of ether oxygens (including phenoxy) is 2. The summed E-state index contributed by atoms with van der Waals surface area (Å²) in [6, 6.07) is 12.7. The highest BCUT2D eigenvalue weighted by atomic mass is 35.5. The van der Waals surface area contributed by atoms with Gasteiger partial charge in [-0.25, -0.2) is 0 Å². The zero-order valence-electron chi connectivity index (χ0n) is 16.5. The third-order valence-corrected chi connectivity index (χ3v) is 4.72. The molecule has 1 unspecified atom stereocenters. The molecule has 1 amide bonds. The van der Waals surface area contributed by atoms with Crippen molar-refractivity contribution in [2.45, 2.75) is 33.2 Å². The zero-order chi connectivity index (χ0) is 20.5. The first-order valence-electron chi connectivity index (χ1n) is 9.34. The molecule has 0 aliphatic heterocycles. The maximum absolute atomic E-state index is 12.7. The standard InChI is InChI=1S/C22H26ClNO4/c1-4-17(22(26)28-5-2)12-16-8-11-20(27-3)19(13-16)21(25)24-14-15-6-9-18(23)10-7-15/h6-11,13,17H,4-5,12,14H2,1-3H3,(H,24,25). The van der Waals surface area contributed by atoms with Crippen LogP contribution >= 0.6 is 11.6 Å². The smallest absolute Gasteiger partial charge is 0.309 e. The van der Waals surface area contributed by atoms with E-state index in [-0.39, 0.29) is 17.8 Å². The molecule has 0 spiro atoms. The number of carbonyl (C=O) groups excluding carboxylic acids is 2. The van der Waals surface area contributed by atoms with E-state index in [9.17, 15) is 9.59 Å². The highest BCUT2D eigenvalue weighted by Crippen LogP contribution is 2.23. The first-order valence-corrected chi connectivity index (χ1v) is 9.72. The lowest BCUT2D eigenvalue weighted by Gasteiger charge is -2.15. The number of benzene rings is 2. The van der Waals surface area contributed by atoms with Gasteiger partial charge in [-0.05, 0) is 55.2 Å². The Labute approximate surface area is 171 Å². The van der Waals surface area contributed by atoms with Crippen LogP contribution in [-0.4, -0.2) is 25.6 Å². The van der Waals surface area contributed by atoms with Gasteiger partial charge in [-0.1, -0.05) is 36.7 Å². The number of halogens is 1. The van der Waals surface area contributed by atoms with Gasteiger partial charge in [0.15, 0.2) is 0 Å². The minimum absolute atomic E-state index is 0.213. The van der Waals surface area contributed by atoms with E-state index in [0.29, 0.717) is 42.3 Å². The summed E-state index contributed by atoms with van der Waals surface area (Å²) in [5.74, 6) is -0.202. The largest absolute Gasteiger partial charge is 0.496 e. The zero-order valence-corrected chi connectivity index (χ0v) is 17.2. The van der Waals surface area contributed by atoms with Gasteiger partial charge >= 0.3 is 5.97 Å². The van der Waals surface area contributed by atoms with Crippen LogP contribution in [0.1, 0.15) is 41.8 Å². The van der Waals surface area contributed by atoms with Crippen molar-refractivity contribution < 1.29 is 19.1 Å². The Balaban J connectivity index is 2.13. The van der Waals surface area contributed by atoms with Crippen molar-refractivity contribution in [3.63, 3.8) is 0 Å². The minimum atomic E-state index is -0.238. The van der Waals surface area contributed by atoms with Crippen molar-refractivity contribution in [3.05, 3.63) is 64.2 Å². The van der Waals surface area contributed by atoms with Crippen LogP contribution in [0.15, 0.2) is 42.5 Å². The van der Waals surface area contributed by atoms with Crippen LogP contribution in [0.25, 0.3) is 0 Å². The van der Waals surface area contributed by atoms with Crippen LogP contribution in [0.3, 0.4) is 0 Å². The molecule has 0 fully saturated rings. The van der Waals surface area contributed by atoms with Crippen LogP contribution in [0, 0.1) is 5.92 Å². The Morgan fingerprint density at radius 1 is 1.07 bits per heavy atom. The summed E-state index contributed by atoms with van der Waals surface area (Å²) in [5, 5.41) is 3.54. The van der Waals surface area contributed by atoms with Crippen molar-refractivity contribution >= 4 is 23.5 Å². The van der Waals surface area contributed by atoms with Gasteiger partial charge in [0.05, 0.1) is 25.2 Å². The third kappa shape index (κ3) is 5.99. The molecule has 0 saturated heterocycles. The van der Waals surface area contributed by atoms with E-state index >= 15 is 0 Å². The Morgan fingerprint density at radius 3 is 2.36 bits per heavy atom. The van der Waals surface area contributed by atoms with Crippen molar-refractivity contribution in [3.8, 4) is 5.75 Å². The number of hydrogen-bond donors (Lipinski definition) is 1. The second kappa shape index (κ2) is 10.7. The first kappa shape index (κ1) is 21.8. The predicted molar refractivity (Wildman–Crippen MR) is 110 cm³/mol. The van der Waals surface area contributed by atoms with Gasteiger partial charge in [-0.15, -0.1) is 0 Å². The summed E-state index contributed by atoms with van der Waals surface area (Å²) in [7, 11) is 1.53. The van der Waals surface area contributed by atoms with Crippen molar-refractivity contribution in [1.29, 1.82) is 0 Å². The highest BCUT2D eigenvalue weighted by Gasteiger charge is 2.20. The van der Waals surface area contributed by atoms with E-state index < -0.39 is 0 Å². The molecule has 150 valence electrons. The van der Waals surface area contributed by atoms with E-state index in [1.165, 1.54) is 7.11 Å². The Kier molecular flexibility index (Phi) is 8.33. The van der Waals surface area contributed by atoms with Crippen LogP contribution in [0.2, 0.25) is 5.02 Å². The summed E-state index contributed by atoms with van der Waals surface area (Å²) in [5.41, 5.74) is 2.27. The molecule has 5 nitrogen and oxygen atoms in total. The second-order valence-corrected chi connectivity index (χ2v) is 6.84. The lowest BCUT2D eigenvalue weighted by Crippen LogP contribution is -2.24. The maximum atomic E-state index is 12.7. The van der Waals surface area contributed by atoms with Crippen molar-refractivity contribution in [1.82, 2.24) is 5.32 Å².